The van der Waals surface area contributed by atoms with E-state index in [9.17, 15) is 8.42 Å². The summed E-state index contributed by atoms with van der Waals surface area (Å²) < 4.78 is 28.8. The molecule has 0 amide bonds. The van der Waals surface area contributed by atoms with Gasteiger partial charge in [0.25, 0.3) is 10.0 Å². The lowest BCUT2D eigenvalue weighted by molar-refractivity contribution is 0.187. The van der Waals surface area contributed by atoms with Crippen LogP contribution >= 0.6 is 11.6 Å². The molecule has 8 heteroatoms. The van der Waals surface area contributed by atoms with E-state index in [4.69, 9.17) is 17.3 Å². The second-order valence-electron chi connectivity index (χ2n) is 5.48. The number of halogens is 1. The van der Waals surface area contributed by atoms with E-state index < -0.39 is 10.0 Å². The van der Waals surface area contributed by atoms with Gasteiger partial charge in [0, 0.05) is 19.6 Å². The number of nitrogens with two attached hydrogens (primary N) is 1. The van der Waals surface area contributed by atoms with Gasteiger partial charge in [0.1, 0.15) is 0 Å². The molecule has 0 aromatic carbocycles. The summed E-state index contributed by atoms with van der Waals surface area (Å²) >= 11 is 6.03. The maximum absolute atomic E-state index is 13.0. The van der Waals surface area contributed by atoms with Gasteiger partial charge in [-0.1, -0.05) is 31.4 Å². The molecule has 0 radical (unpaired) electrons. The number of hydrogen-bond donors (Lipinski definition) is 1. The Kier molecular flexibility index (Phi) is 5.29. The molecule has 0 saturated heterocycles. The smallest absolute Gasteiger partial charge is 0.261 e. The van der Waals surface area contributed by atoms with Crippen LogP contribution in [0.15, 0.2) is 11.2 Å². The number of aryl methyl sites for hydroxylation is 1. The first kappa shape index (κ1) is 16.7. The van der Waals surface area contributed by atoms with Crippen molar-refractivity contribution in [2.45, 2.75) is 43.7 Å². The molecule has 2 atom stereocenters. The minimum Gasteiger partial charge on any atom is -0.330 e. The topological polar surface area (TPSA) is 81.2 Å². The van der Waals surface area contributed by atoms with E-state index in [1.54, 1.807) is 11.4 Å². The second-order valence-corrected chi connectivity index (χ2v) is 7.69. The van der Waals surface area contributed by atoms with Crippen LogP contribution in [0.4, 0.5) is 0 Å². The number of sulfonamides is 1. The van der Waals surface area contributed by atoms with Crippen LogP contribution in [-0.4, -0.2) is 41.6 Å². The van der Waals surface area contributed by atoms with Crippen molar-refractivity contribution in [2.24, 2.45) is 18.7 Å². The zero-order valence-electron chi connectivity index (χ0n) is 12.5. The van der Waals surface area contributed by atoms with Gasteiger partial charge in [0.15, 0.2) is 5.03 Å². The first-order valence-electron chi connectivity index (χ1n) is 7.32. The van der Waals surface area contributed by atoms with E-state index in [-0.39, 0.29) is 22.0 Å². The average Bonchev–Trinajstić information content (AvgIpc) is 2.79. The summed E-state index contributed by atoms with van der Waals surface area (Å²) in [4.78, 5) is 0. The molecule has 0 aliphatic heterocycles. The lowest BCUT2D eigenvalue weighted by Gasteiger charge is -2.38. The minimum absolute atomic E-state index is 0.0512. The molecule has 1 heterocycles. The van der Waals surface area contributed by atoms with Crippen molar-refractivity contribution in [3.05, 3.63) is 11.2 Å². The van der Waals surface area contributed by atoms with Gasteiger partial charge in [-0.15, -0.1) is 0 Å². The summed E-state index contributed by atoms with van der Waals surface area (Å²) in [6.07, 6.45) is 5.34. The summed E-state index contributed by atoms with van der Waals surface area (Å²) in [5.74, 6) is 0.209. The van der Waals surface area contributed by atoms with Crippen LogP contribution in [0.5, 0.6) is 0 Å². The number of nitrogens with zero attached hydrogens (tertiary/aromatic N) is 3. The van der Waals surface area contributed by atoms with Gasteiger partial charge in [-0.05, 0) is 25.3 Å². The normalized spacial score (nSPS) is 23.7. The standard InChI is InChI=1S/C13H23ClN4O2S/c1-3-18(12-7-5-4-6-10(12)8-15)21(19,20)13-11(14)9-16-17(13)2/h9-10,12H,3-8,15H2,1-2H3. The SMILES string of the molecule is CCN(C1CCCCC1CN)S(=O)(=O)c1c(Cl)cnn1C. The van der Waals surface area contributed by atoms with Crippen LogP contribution in [0.2, 0.25) is 5.02 Å². The fraction of sp³-hybridized carbons (Fsp3) is 0.769. The highest BCUT2D eigenvalue weighted by molar-refractivity contribution is 7.89. The Morgan fingerprint density at radius 1 is 1.48 bits per heavy atom. The van der Waals surface area contributed by atoms with Crippen molar-refractivity contribution in [1.29, 1.82) is 0 Å². The van der Waals surface area contributed by atoms with Crippen molar-refractivity contribution in [3.63, 3.8) is 0 Å². The molecule has 1 aliphatic rings. The molecule has 21 heavy (non-hydrogen) atoms. The largest absolute Gasteiger partial charge is 0.330 e. The summed E-state index contributed by atoms with van der Waals surface area (Å²) in [5.41, 5.74) is 5.84. The van der Waals surface area contributed by atoms with E-state index in [1.165, 1.54) is 10.9 Å². The van der Waals surface area contributed by atoms with Crippen molar-refractivity contribution in [3.8, 4) is 0 Å². The Labute approximate surface area is 131 Å². The predicted molar refractivity (Wildman–Crippen MR) is 82.6 cm³/mol. The maximum atomic E-state index is 13.0. The molecule has 1 aromatic heterocycles. The van der Waals surface area contributed by atoms with Crippen LogP contribution in [0, 0.1) is 5.92 Å². The lowest BCUT2D eigenvalue weighted by atomic mass is 9.84. The Balaban J connectivity index is 2.40. The van der Waals surface area contributed by atoms with Crippen molar-refractivity contribution in [1.82, 2.24) is 14.1 Å². The van der Waals surface area contributed by atoms with E-state index in [0.717, 1.165) is 25.7 Å². The lowest BCUT2D eigenvalue weighted by Crippen LogP contribution is -2.48. The molecule has 1 fully saturated rings. The Bertz CT molecular complexity index is 567. The van der Waals surface area contributed by atoms with E-state index in [1.807, 2.05) is 6.92 Å². The van der Waals surface area contributed by atoms with Crippen LogP contribution in [0.1, 0.15) is 32.6 Å². The van der Waals surface area contributed by atoms with Gasteiger partial charge in [-0.3, -0.25) is 4.68 Å². The van der Waals surface area contributed by atoms with E-state index in [2.05, 4.69) is 5.10 Å². The number of rotatable bonds is 5. The predicted octanol–water partition coefficient (Wildman–Crippen LogP) is 1.60. The monoisotopic (exact) mass is 334 g/mol. The van der Waals surface area contributed by atoms with Gasteiger partial charge in [0.05, 0.1) is 11.2 Å². The molecule has 6 nitrogen and oxygen atoms in total. The van der Waals surface area contributed by atoms with E-state index >= 15 is 0 Å². The first-order chi connectivity index (χ1) is 9.93. The fourth-order valence-corrected chi connectivity index (χ4v) is 5.56. The first-order valence-corrected chi connectivity index (χ1v) is 9.14. The minimum atomic E-state index is -3.67. The summed E-state index contributed by atoms with van der Waals surface area (Å²) in [6, 6.07) is -0.0512. The Morgan fingerprint density at radius 3 is 2.67 bits per heavy atom. The number of aromatic nitrogens is 2. The van der Waals surface area contributed by atoms with Gasteiger partial charge >= 0.3 is 0 Å². The van der Waals surface area contributed by atoms with Crippen LogP contribution < -0.4 is 5.73 Å². The zero-order chi connectivity index (χ0) is 15.6. The summed E-state index contributed by atoms with van der Waals surface area (Å²) in [5, 5.41) is 4.16. The molecule has 0 bridgehead atoms. The quantitative estimate of drug-likeness (QED) is 0.886. The van der Waals surface area contributed by atoms with Gasteiger partial charge < -0.3 is 5.73 Å². The second kappa shape index (κ2) is 6.64. The van der Waals surface area contributed by atoms with E-state index in [0.29, 0.717) is 13.1 Å². The molecule has 1 aromatic rings. The third-order valence-corrected chi connectivity index (χ3v) is 6.76. The summed E-state index contributed by atoms with van der Waals surface area (Å²) in [6.45, 7) is 2.77. The van der Waals surface area contributed by atoms with Crippen LogP contribution in [0.25, 0.3) is 0 Å². The highest BCUT2D eigenvalue weighted by Crippen LogP contribution is 2.33. The fourth-order valence-electron chi connectivity index (χ4n) is 3.23. The highest BCUT2D eigenvalue weighted by atomic mass is 35.5. The molecule has 120 valence electrons. The molecule has 1 aliphatic carbocycles. The molecule has 2 unspecified atom stereocenters. The molecule has 0 spiro atoms. The van der Waals surface area contributed by atoms with Gasteiger partial charge in [0.2, 0.25) is 0 Å². The Hall–Kier alpha value is -0.630. The Morgan fingerprint density at radius 2 is 2.14 bits per heavy atom. The molecular formula is C13H23ClN4O2S. The van der Waals surface area contributed by atoms with Gasteiger partial charge in [-0.2, -0.15) is 9.40 Å². The van der Waals surface area contributed by atoms with Gasteiger partial charge in [-0.25, -0.2) is 8.42 Å². The summed E-state index contributed by atoms with van der Waals surface area (Å²) in [7, 11) is -2.07. The average molecular weight is 335 g/mol. The molecule has 2 rings (SSSR count). The zero-order valence-corrected chi connectivity index (χ0v) is 14.1. The third kappa shape index (κ3) is 3.11. The molecule has 1 saturated carbocycles. The van der Waals surface area contributed by atoms with Crippen molar-refractivity contribution >= 4 is 21.6 Å². The van der Waals surface area contributed by atoms with Crippen molar-refractivity contribution in [2.75, 3.05) is 13.1 Å². The highest BCUT2D eigenvalue weighted by Gasteiger charge is 2.38. The van der Waals surface area contributed by atoms with Crippen LogP contribution in [-0.2, 0) is 17.1 Å². The number of hydrogen-bond acceptors (Lipinski definition) is 4. The molecule has 2 N–H and O–H groups in total. The van der Waals surface area contributed by atoms with Crippen molar-refractivity contribution < 1.29 is 8.42 Å². The maximum Gasteiger partial charge on any atom is 0.261 e. The molecular weight excluding hydrogens is 312 g/mol. The van der Waals surface area contributed by atoms with Crippen LogP contribution in [0.3, 0.4) is 0 Å². The third-order valence-electron chi connectivity index (χ3n) is 4.25.